The Morgan fingerprint density at radius 2 is 1.46 bits per heavy atom. The molecule has 1 N–H and O–H groups in total. The molecule has 7 nitrogen and oxygen atoms in total. The van der Waals surface area contributed by atoms with Gasteiger partial charge in [0.2, 0.25) is 0 Å². The van der Waals surface area contributed by atoms with Crippen molar-refractivity contribution in [2.45, 2.75) is 20.2 Å². The molecule has 0 radical (unpaired) electrons. The number of methoxy groups -OCH3 is 1. The number of hydrogen-bond acceptors (Lipinski definition) is 6. The number of nitrogens with one attached hydrogen (secondary N) is 1. The molecule has 2 aromatic carbocycles. The zero-order valence-corrected chi connectivity index (χ0v) is 20.3. The Kier molecular flexibility index (Phi) is 7.19. The summed E-state index contributed by atoms with van der Waals surface area (Å²) in [6, 6.07) is 16.6. The zero-order chi connectivity index (χ0) is 26.6. The van der Waals surface area contributed by atoms with E-state index in [-0.39, 0.29) is 18.3 Å². The summed E-state index contributed by atoms with van der Waals surface area (Å²) in [6.07, 6.45) is -1.45. The van der Waals surface area contributed by atoms with Crippen LogP contribution >= 0.6 is 0 Å². The number of halogens is 3. The first-order valence-corrected chi connectivity index (χ1v) is 11.2. The topological polar surface area (TPSA) is 86.3 Å². The van der Waals surface area contributed by atoms with Gasteiger partial charge in [-0.2, -0.15) is 0 Å². The zero-order valence-electron chi connectivity index (χ0n) is 20.3. The largest absolute Gasteiger partial charge is 0.573 e. The van der Waals surface area contributed by atoms with Crippen LogP contribution in [0.5, 0.6) is 11.5 Å². The summed E-state index contributed by atoms with van der Waals surface area (Å²) < 4.78 is 51.5. The van der Waals surface area contributed by atoms with E-state index < -0.39 is 11.8 Å². The van der Waals surface area contributed by atoms with Crippen LogP contribution in [0.25, 0.3) is 33.9 Å². The Hall–Kier alpha value is -4.34. The van der Waals surface area contributed by atoms with Gasteiger partial charge in [0.15, 0.2) is 0 Å². The molecule has 0 saturated carbocycles. The fourth-order valence-corrected chi connectivity index (χ4v) is 3.48. The number of carbonyl (C=O) groups excluding carboxylic acids is 1. The second kappa shape index (κ2) is 10.3. The molecule has 0 aliphatic rings. The monoisotopic (exact) mass is 511 g/mol. The Morgan fingerprint density at radius 1 is 0.838 bits per heavy atom. The van der Waals surface area contributed by atoms with E-state index in [4.69, 9.17) is 9.47 Å². The lowest BCUT2D eigenvalue weighted by Crippen LogP contribution is -2.32. The summed E-state index contributed by atoms with van der Waals surface area (Å²) in [5.74, 6) is 0.561. The van der Waals surface area contributed by atoms with Crippen molar-refractivity contribution in [2.75, 3.05) is 13.7 Å². The molecule has 2 aromatic heterocycles. The number of carbonyl (C=O) groups is 1. The first-order chi connectivity index (χ1) is 17.5. The molecule has 0 saturated heterocycles. The number of aromatic nitrogens is 3. The Morgan fingerprint density at radius 3 is 2.05 bits per heavy atom. The van der Waals surface area contributed by atoms with Gasteiger partial charge in [-0.25, -0.2) is 4.98 Å². The highest BCUT2D eigenvalue weighted by molar-refractivity contribution is 5.76. The number of nitrogens with zero attached hydrogens (tertiary/aromatic N) is 2. The van der Waals surface area contributed by atoms with Crippen molar-refractivity contribution in [3.63, 3.8) is 0 Å². The highest BCUT2D eigenvalue weighted by Crippen LogP contribution is 2.28. The van der Waals surface area contributed by atoms with Gasteiger partial charge in [-0.3, -0.25) is 9.78 Å². The highest BCUT2D eigenvalue weighted by Gasteiger charge is 2.31. The van der Waals surface area contributed by atoms with Crippen LogP contribution in [0.1, 0.15) is 13.8 Å². The van der Waals surface area contributed by atoms with E-state index in [1.54, 1.807) is 26.2 Å². The maximum Gasteiger partial charge on any atom is 0.573 e. The number of benzene rings is 2. The summed E-state index contributed by atoms with van der Waals surface area (Å²) in [7, 11) is 1.35. The number of esters is 1. The van der Waals surface area contributed by atoms with Crippen molar-refractivity contribution in [3.05, 3.63) is 73.1 Å². The fraction of sp³-hybridized carbons (Fsp3) is 0.222. The first-order valence-electron chi connectivity index (χ1n) is 11.2. The quantitative estimate of drug-likeness (QED) is 0.280. The van der Waals surface area contributed by atoms with Gasteiger partial charge in [0, 0.05) is 17.3 Å². The molecule has 0 aliphatic carbocycles. The molecule has 4 rings (SSSR count). The normalized spacial score (nSPS) is 11.7. The van der Waals surface area contributed by atoms with Gasteiger partial charge >= 0.3 is 12.3 Å². The molecule has 0 atom stereocenters. The van der Waals surface area contributed by atoms with Crippen molar-refractivity contribution < 1.29 is 32.2 Å². The smallest absolute Gasteiger partial charge is 0.492 e. The van der Waals surface area contributed by atoms with Crippen LogP contribution in [0, 0.1) is 5.41 Å². The first kappa shape index (κ1) is 25.7. The third kappa shape index (κ3) is 6.46. The second-order valence-corrected chi connectivity index (χ2v) is 8.84. The van der Waals surface area contributed by atoms with Crippen molar-refractivity contribution >= 4 is 5.97 Å². The van der Waals surface area contributed by atoms with Crippen LogP contribution in [0.4, 0.5) is 13.2 Å². The molecule has 192 valence electrons. The molecule has 10 heteroatoms. The number of H-pyrrole nitrogens is 1. The van der Waals surface area contributed by atoms with Gasteiger partial charge < -0.3 is 19.2 Å². The summed E-state index contributed by atoms with van der Waals surface area (Å²) in [5.41, 5.74) is 2.92. The molecule has 0 bridgehead atoms. The van der Waals surface area contributed by atoms with Crippen LogP contribution in [-0.4, -0.2) is 41.0 Å². The number of aromatic amines is 1. The van der Waals surface area contributed by atoms with Crippen LogP contribution in [0.15, 0.2) is 73.1 Å². The summed E-state index contributed by atoms with van der Waals surface area (Å²) in [5, 5.41) is 0. The fourth-order valence-electron chi connectivity index (χ4n) is 3.48. The van der Waals surface area contributed by atoms with Gasteiger partial charge in [0.05, 0.1) is 30.1 Å². The minimum atomic E-state index is -4.74. The van der Waals surface area contributed by atoms with Gasteiger partial charge in [-0.15, -0.1) is 13.2 Å². The number of imidazole rings is 1. The Labute approximate surface area is 211 Å². The number of alkyl halides is 3. The third-order valence-corrected chi connectivity index (χ3v) is 5.50. The maximum atomic E-state index is 12.4. The lowest BCUT2D eigenvalue weighted by atomic mass is 9.95. The van der Waals surface area contributed by atoms with E-state index >= 15 is 0 Å². The number of rotatable bonds is 8. The summed E-state index contributed by atoms with van der Waals surface area (Å²) in [4.78, 5) is 23.8. The van der Waals surface area contributed by atoms with Crippen molar-refractivity contribution in [1.82, 2.24) is 15.0 Å². The van der Waals surface area contributed by atoms with Gasteiger partial charge in [0.1, 0.15) is 23.9 Å². The predicted octanol–water partition coefficient (Wildman–Crippen LogP) is 6.28. The average molecular weight is 512 g/mol. The molecule has 0 aliphatic heterocycles. The van der Waals surface area contributed by atoms with Crippen molar-refractivity contribution in [1.29, 1.82) is 0 Å². The predicted molar refractivity (Wildman–Crippen MR) is 131 cm³/mol. The molecule has 4 aromatic rings. The summed E-state index contributed by atoms with van der Waals surface area (Å²) in [6.45, 7) is 3.69. The van der Waals surface area contributed by atoms with Crippen molar-refractivity contribution in [2.24, 2.45) is 5.41 Å². The van der Waals surface area contributed by atoms with E-state index in [1.807, 2.05) is 36.4 Å². The van der Waals surface area contributed by atoms with Crippen LogP contribution in [0.3, 0.4) is 0 Å². The third-order valence-electron chi connectivity index (χ3n) is 5.50. The SMILES string of the molecule is COC(=O)C(C)(C)COc1ccc(-c2ccc(-c3ncc(-c4ccc(OC(F)(F)F)cc4)[nH]3)cn2)cc1. The molecular formula is C27H24F3N3O4. The maximum absolute atomic E-state index is 12.4. The Bertz CT molecular complexity index is 1350. The Balaban J connectivity index is 1.41. The van der Waals surface area contributed by atoms with Crippen LogP contribution < -0.4 is 9.47 Å². The van der Waals surface area contributed by atoms with Crippen molar-refractivity contribution in [3.8, 4) is 45.4 Å². The average Bonchev–Trinajstić information content (AvgIpc) is 3.37. The molecule has 0 fully saturated rings. The van der Waals surface area contributed by atoms with E-state index in [1.165, 1.54) is 31.4 Å². The number of hydrogen-bond donors (Lipinski definition) is 1. The van der Waals surface area contributed by atoms with E-state index in [2.05, 4.69) is 19.7 Å². The number of pyridine rings is 1. The van der Waals surface area contributed by atoms with E-state index in [9.17, 15) is 18.0 Å². The molecule has 37 heavy (non-hydrogen) atoms. The van der Waals surface area contributed by atoms with Crippen LogP contribution in [-0.2, 0) is 9.53 Å². The number of ether oxygens (including phenoxy) is 3. The minimum absolute atomic E-state index is 0.183. The van der Waals surface area contributed by atoms with Crippen LogP contribution in [0.2, 0.25) is 0 Å². The molecule has 0 spiro atoms. The standard InChI is InChI=1S/C27H24F3N3O4/c1-26(2,25(34)35-3)16-36-20-9-4-17(5-10-20)22-13-8-19(14-31-22)24-32-15-23(33-24)18-6-11-21(12-7-18)37-27(28,29)30/h4-15H,16H2,1-3H3,(H,32,33). The molecule has 0 amide bonds. The molecule has 2 heterocycles. The van der Waals surface area contributed by atoms with Gasteiger partial charge in [0.25, 0.3) is 0 Å². The lowest BCUT2D eigenvalue weighted by molar-refractivity contribution is -0.274. The minimum Gasteiger partial charge on any atom is -0.492 e. The van der Waals surface area contributed by atoms with E-state index in [0.29, 0.717) is 22.8 Å². The van der Waals surface area contributed by atoms with E-state index in [0.717, 1.165) is 16.8 Å². The second-order valence-electron chi connectivity index (χ2n) is 8.84. The lowest BCUT2D eigenvalue weighted by Gasteiger charge is -2.21. The highest BCUT2D eigenvalue weighted by atomic mass is 19.4. The molecule has 0 unspecified atom stereocenters. The van der Waals surface area contributed by atoms with Gasteiger partial charge in [-0.1, -0.05) is 0 Å². The summed E-state index contributed by atoms with van der Waals surface area (Å²) >= 11 is 0. The molecular weight excluding hydrogens is 487 g/mol. The van der Waals surface area contributed by atoms with Gasteiger partial charge in [-0.05, 0) is 80.1 Å².